The van der Waals surface area contributed by atoms with Gasteiger partial charge < -0.3 is 18.9 Å². The lowest BCUT2D eigenvalue weighted by Gasteiger charge is -2.19. The molecule has 6 unspecified atom stereocenters. The summed E-state index contributed by atoms with van der Waals surface area (Å²) in [5, 5.41) is -1.45. The highest BCUT2D eigenvalue weighted by molar-refractivity contribution is 6.47. The first-order valence-electron chi connectivity index (χ1n) is 14.7. The van der Waals surface area contributed by atoms with E-state index < -0.39 is 46.5 Å². The van der Waals surface area contributed by atoms with E-state index in [-0.39, 0.29) is 55.2 Å². The molecule has 250 valence electrons. The van der Waals surface area contributed by atoms with E-state index in [2.05, 4.69) is 27.7 Å². The maximum Gasteiger partial charge on any atom is 0.423 e. The van der Waals surface area contributed by atoms with Crippen LogP contribution in [0.4, 0.5) is 0 Å². The van der Waals surface area contributed by atoms with Gasteiger partial charge in [0.2, 0.25) is 0 Å². The van der Waals surface area contributed by atoms with E-state index in [1.807, 2.05) is 0 Å². The van der Waals surface area contributed by atoms with E-state index in [9.17, 15) is 19.2 Å². The van der Waals surface area contributed by atoms with Crippen molar-refractivity contribution in [3.63, 3.8) is 0 Å². The first-order chi connectivity index (χ1) is 21.6. The lowest BCUT2D eigenvalue weighted by molar-refractivity contribution is -0.156. The molecule has 0 heterocycles. The highest BCUT2D eigenvalue weighted by Gasteiger charge is 2.35. The first kappa shape index (κ1) is 36.9. The Morgan fingerprint density at radius 1 is 0.587 bits per heavy atom. The van der Waals surface area contributed by atoms with Crippen molar-refractivity contribution in [2.24, 2.45) is 35.5 Å². The monoisotopic (exact) mass is 754 g/mol. The van der Waals surface area contributed by atoms with Crippen LogP contribution in [0.5, 0.6) is 11.5 Å². The third kappa shape index (κ3) is 8.01. The molecule has 6 atom stereocenters. The van der Waals surface area contributed by atoms with Crippen LogP contribution >= 0.6 is 69.6 Å². The first-order valence-corrected chi connectivity index (χ1v) is 17.0. The minimum absolute atomic E-state index is 0.0909. The minimum Gasteiger partial charge on any atom is -0.462 e. The highest BCUT2D eigenvalue weighted by Crippen LogP contribution is 2.43. The smallest absolute Gasteiger partial charge is 0.423 e. The van der Waals surface area contributed by atoms with Crippen molar-refractivity contribution in [1.82, 2.24) is 0 Å². The number of hydrogen-bond acceptors (Lipinski definition) is 8. The van der Waals surface area contributed by atoms with Gasteiger partial charge in [-0.15, -0.1) is 0 Å². The molecular formula is C32H32Cl6O8. The maximum absolute atomic E-state index is 13.2. The second-order valence-electron chi connectivity index (χ2n) is 12.0. The van der Waals surface area contributed by atoms with E-state index >= 15 is 0 Å². The number of hydrogen-bond donors (Lipinski definition) is 0. The molecular weight excluding hydrogens is 725 g/mol. The molecule has 0 aliphatic heterocycles. The molecule has 46 heavy (non-hydrogen) atoms. The molecule has 0 aromatic heterocycles. The van der Waals surface area contributed by atoms with Crippen LogP contribution in [0.15, 0.2) is 12.1 Å². The fourth-order valence-corrected chi connectivity index (χ4v) is 7.34. The largest absolute Gasteiger partial charge is 0.462 e. The zero-order valence-electron chi connectivity index (χ0n) is 25.4. The van der Waals surface area contributed by atoms with Crippen molar-refractivity contribution in [3.8, 4) is 11.5 Å². The lowest BCUT2D eigenvalue weighted by Crippen LogP contribution is -2.28. The fraction of sp³-hybridized carbons (Fsp3) is 0.500. The normalized spacial score (nSPS) is 24.0. The molecule has 2 aromatic rings. The number of rotatable bonds is 8. The van der Waals surface area contributed by atoms with Crippen molar-refractivity contribution < 1.29 is 38.1 Å². The molecule has 0 bridgehead atoms. The molecule has 8 nitrogen and oxygen atoms in total. The molecule has 2 saturated carbocycles. The predicted octanol–water partition coefficient (Wildman–Crippen LogP) is 9.80. The fourth-order valence-electron chi connectivity index (χ4n) is 5.90. The Bertz CT molecular complexity index is 1430. The molecule has 0 N–H and O–H groups in total. The molecule has 2 aromatic carbocycles. The number of halogens is 6. The van der Waals surface area contributed by atoms with Gasteiger partial charge >= 0.3 is 23.9 Å². The number of esters is 4. The Kier molecular flexibility index (Phi) is 12.4. The topological polar surface area (TPSA) is 105 Å². The third-order valence-electron chi connectivity index (χ3n) is 9.34. The number of ether oxygens (including phenoxy) is 4. The van der Waals surface area contributed by atoms with Crippen LogP contribution < -0.4 is 9.47 Å². The zero-order chi connectivity index (χ0) is 34.0. The van der Waals surface area contributed by atoms with Gasteiger partial charge in [-0.25, -0.2) is 19.2 Å². The van der Waals surface area contributed by atoms with E-state index in [4.69, 9.17) is 88.6 Å². The average Bonchev–Trinajstić information content (AvgIpc) is 3.50. The number of carbonyl (C=O) groups is 4. The Hall–Kier alpha value is -1.94. The van der Waals surface area contributed by atoms with Gasteiger partial charge in [-0.3, -0.25) is 0 Å². The van der Waals surface area contributed by atoms with Crippen LogP contribution in [0.1, 0.15) is 74.1 Å². The summed E-state index contributed by atoms with van der Waals surface area (Å²) < 4.78 is 21.4. The van der Waals surface area contributed by atoms with Crippen LogP contribution in [0.3, 0.4) is 0 Å². The third-order valence-corrected chi connectivity index (χ3v) is 11.5. The molecule has 4 rings (SSSR count). The molecule has 0 amide bonds. The van der Waals surface area contributed by atoms with Crippen molar-refractivity contribution in [3.05, 3.63) is 53.4 Å². The summed E-state index contributed by atoms with van der Waals surface area (Å²) >= 11 is 37.5. The Balaban J connectivity index is 1.54. The van der Waals surface area contributed by atoms with Crippen LogP contribution in [0.2, 0.25) is 30.1 Å². The highest BCUT2D eigenvalue weighted by atomic mass is 35.5. The van der Waals surface area contributed by atoms with Gasteiger partial charge in [-0.05, 0) is 60.5 Å². The zero-order valence-corrected chi connectivity index (χ0v) is 29.9. The number of carbonyl (C=O) groups excluding carboxylic acids is 4. The van der Waals surface area contributed by atoms with Gasteiger partial charge in [-0.1, -0.05) is 110 Å². The van der Waals surface area contributed by atoms with Crippen molar-refractivity contribution in [2.75, 3.05) is 13.2 Å². The van der Waals surface area contributed by atoms with Crippen molar-refractivity contribution in [1.29, 1.82) is 0 Å². The molecule has 14 heteroatoms. The van der Waals surface area contributed by atoms with E-state index in [1.165, 1.54) is 0 Å². The van der Waals surface area contributed by atoms with Gasteiger partial charge in [0.05, 0.1) is 43.3 Å². The van der Waals surface area contributed by atoms with Crippen LogP contribution in [-0.4, -0.2) is 37.1 Å². The van der Waals surface area contributed by atoms with E-state index in [0.29, 0.717) is 23.7 Å². The van der Waals surface area contributed by atoms with Crippen molar-refractivity contribution >= 4 is 93.5 Å². The number of benzene rings is 2. The SMILES string of the molecule is CC1CCC(COC(=O)c2c(Cl)c(Cl)cc(Cl)c2OC(=O)C(=O)Oc2c(Cl)cc(Cl)c(Cl)c2C(=O)OCC2CCC(C)C2C)C1C. The van der Waals surface area contributed by atoms with Crippen molar-refractivity contribution in [2.45, 2.75) is 53.4 Å². The standard InChI is InChI=1S/C32H32Cl6O8/c1-13-5-7-17(15(13)3)11-43-29(39)23-25(37)19(33)9-21(35)27(23)45-31(41)32(42)46-28-22(36)10-20(34)26(38)24(28)30(40)44-12-18-8-6-14(2)16(18)4/h9-10,13-18H,5-8,11-12H2,1-4H3. The average molecular weight is 757 g/mol. The molecule has 2 aliphatic carbocycles. The summed E-state index contributed by atoms with van der Waals surface area (Å²) in [7, 11) is 0. The van der Waals surface area contributed by atoms with Gasteiger partial charge in [0, 0.05) is 0 Å². The second kappa shape index (κ2) is 15.5. The minimum atomic E-state index is -1.64. The predicted molar refractivity (Wildman–Crippen MR) is 177 cm³/mol. The van der Waals surface area contributed by atoms with Gasteiger partial charge in [0.15, 0.2) is 11.5 Å². The molecule has 2 fully saturated rings. The summed E-state index contributed by atoms with van der Waals surface area (Å²) in [6, 6.07) is 2.26. The van der Waals surface area contributed by atoms with Gasteiger partial charge in [0.1, 0.15) is 11.1 Å². The Morgan fingerprint density at radius 3 is 1.24 bits per heavy atom. The summed E-state index contributed by atoms with van der Waals surface area (Å²) in [6.45, 7) is 8.61. The van der Waals surface area contributed by atoms with Crippen LogP contribution in [-0.2, 0) is 19.1 Å². The summed E-state index contributed by atoms with van der Waals surface area (Å²) in [5.74, 6) is -4.50. The Morgan fingerprint density at radius 2 is 0.935 bits per heavy atom. The lowest BCUT2D eigenvalue weighted by atomic mass is 9.93. The van der Waals surface area contributed by atoms with E-state index in [0.717, 1.165) is 37.8 Å². The van der Waals surface area contributed by atoms with Gasteiger partial charge in [-0.2, -0.15) is 0 Å². The molecule has 2 aliphatic rings. The molecule has 0 saturated heterocycles. The van der Waals surface area contributed by atoms with Crippen LogP contribution in [0, 0.1) is 35.5 Å². The van der Waals surface area contributed by atoms with Gasteiger partial charge in [0.25, 0.3) is 0 Å². The Labute approximate surface area is 297 Å². The summed E-state index contributed by atoms with van der Waals surface area (Å²) in [4.78, 5) is 52.3. The maximum atomic E-state index is 13.2. The van der Waals surface area contributed by atoms with E-state index in [1.54, 1.807) is 0 Å². The second-order valence-corrected chi connectivity index (χ2v) is 14.4. The summed E-state index contributed by atoms with van der Waals surface area (Å²) in [6.07, 6.45) is 3.75. The molecule has 0 radical (unpaired) electrons. The quantitative estimate of drug-likeness (QED) is 0.114. The molecule has 0 spiro atoms. The summed E-state index contributed by atoms with van der Waals surface area (Å²) in [5.41, 5.74) is -0.905. The van der Waals surface area contributed by atoms with Crippen LogP contribution in [0.25, 0.3) is 0 Å².